The third-order valence-electron chi connectivity index (χ3n) is 4.44. The number of hydrogen-bond donors (Lipinski definition) is 0. The van der Waals surface area contributed by atoms with Crippen LogP contribution in [0.2, 0.25) is 0 Å². The molecule has 1 aliphatic heterocycles. The number of benzene rings is 1. The summed E-state index contributed by atoms with van der Waals surface area (Å²) < 4.78 is 1.82. The van der Waals surface area contributed by atoms with Crippen molar-refractivity contribution in [2.75, 3.05) is 27.2 Å². The molecule has 1 aromatic carbocycles. The molecule has 2 aromatic rings. The van der Waals surface area contributed by atoms with Crippen LogP contribution in [0.3, 0.4) is 0 Å². The van der Waals surface area contributed by atoms with Gasteiger partial charge >= 0.3 is 0 Å². The lowest BCUT2D eigenvalue weighted by atomic mass is 10.1. The minimum absolute atomic E-state index is 0.0742. The van der Waals surface area contributed by atoms with Crippen molar-refractivity contribution in [1.29, 1.82) is 0 Å². The third kappa shape index (κ3) is 3.29. The smallest absolute Gasteiger partial charge is 0.260 e. The van der Waals surface area contributed by atoms with E-state index >= 15 is 0 Å². The molecule has 0 fully saturated rings. The van der Waals surface area contributed by atoms with E-state index in [1.807, 2.05) is 41.4 Å². The van der Waals surface area contributed by atoms with Crippen LogP contribution in [0.4, 0.5) is 0 Å². The van der Waals surface area contributed by atoms with Gasteiger partial charge in [-0.15, -0.1) is 0 Å². The van der Waals surface area contributed by atoms with Crippen molar-refractivity contribution < 1.29 is 4.79 Å². The average molecular weight is 323 g/mol. The number of allylic oxidation sites excluding steroid dienone is 2. The summed E-state index contributed by atoms with van der Waals surface area (Å²) in [7, 11) is 4.14. The number of likely N-dealkylation sites (N-methyl/N-ethyl adjacent to an activating group) is 1. The average Bonchev–Trinajstić information content (AvgIpc) is 2.98. The first-order valence-corrected chi connectivity index (χ1v) is 8.51. The topological polar surface area (TPSA) is 28.5 Å². The first kappa shape index (κ1) is 16.5. The number of aromatic nitrogens is 1. The van der Waals surface area contributed by atoms with Gasteiger partial charge in [-0.2, -0.15) is 0 Å². The van der Waals surface area contributed by atoms with E-state index in [0.29, 0.717) is 6.42 Å². The zero-order valence-electron chi connectivity index (χ0n) is 14.7. The second-order valence-electron chi connectivity index (χ2n) is 6.47. The largest absolute Gasteiger partial charge is 0.354 e. The molecule has 0 unspecified atom stereocenters. The highest BCUT2D eigenvalue weighted by Crippen LogP contribution is 2.24. The normalized spacial score (nSPS) is 14.5. The van der Waals surface area contributed by atoms with E-state index in [9.17, 15) is 4.79 Å². The molecule has 0 amide bonds. The molecule has 0 saturated carbocycles. The van der Waals surface area contributed by atoms with Gasteiger partial charge in [0.25, 0.3) is 5.91 Å². The Hall–Kier alpha value is -2.33. The fourth-order valence-corrected chi connectivity index (χ4v) is 3.07. The fraction of sp³-hybridized carbons (Fsp3) is 0.350. The maximum Gasteiger partial charge on any atom is 0.260 e. The molecule has 24 heavy (non-hydrogen) atoms. The molecule has 1 aliphatic rings. The Labute approximate surface area is 143 Å². The predicted molar refractivity (Wildman–Crippen MR) is 99.0 cm³/mol. The van der Waals surface area contributed by atoms with Gasteiger partial charge in [-0.3, -0.25) is 9.36 Å². The summed E-state index contributed by atoms with van der Waals surface area (Å²) in [6.45, 7) is 3.92. The van der Waals surface area contributed by atoms with Gasteiger partial charge in [-0.25, -0.2) is 0 Å². The molecule has 126 valence electrons. The minimum atomic E-state index is 0.0742. The van der Waals surface area contributed by atoms with Gasteiger partial charge in [-0.1, -0.05) is 24.3 Å². The van der Waals surface area contributed by atoms with Gasteiger partial charge in [-0.05, 0) is 51.7 Å². The molecule has 0 radical (unpaired) electrons. The molecular weight excluding hydrogens is 298 g/mol. The standard InChI is InChI=1S/C20H25N3O/c1-4-22-12-7-8-17(14-22)20(24)23-15-16(11-13-21(2)3)18-9-5-6-10-19(18)23/h5-7,9-10,12,14-15H,4,8,11,13H2,1-3H3. The van der Waals surface area contributed by atoms with E-state index in [-0.39, 0.29) is 5.91 Å². The molecular formula is C20H25N3O. The van der Waals surface area contributed by atoms with Crippen LogP contribution in [-0.2, 0) is 6.42 Å². The number of fused-ring (bicyclic) bond motifs is 1. The maximum absolute atomic E-state index is 13.1. The van der Waals surface area contributed by atoms with Gasteiger partial charge in [0, 0.05) is 36.4 Å². The van der Waals surface area contributed by atoms with Crippen molar-refractivity contribution in [2.24, 2.45) is 0 Å². The van der Waals surface area contributed by atoms with Crippen molar-refractivity contribution in [3.8, 4) is 0 Å². The molecule has 2 heterocycles. The Kier molecular flexibility index (Phi) is 4.86. The van der Waals surface area contributed by atoms with E-state index in [1.54, 1.807) is 0 Å². The summed E-state index contributed by atoms with van der Waals surface area (Å²) in [5.41, 5.74) is 3.06. The molecule has 0 atom stereocenters. The highest BCUT2D eigenvalue weighted by Gasteiger charge is 2.18. The summed E-state index contributed by atoms with van der Waals surface area (Å²) in [6.07, 6.45) is 9.70. The summed E-state index contributed by atoms with van der Waals surface area (Å²) in [5, 5.41) is 1.17. The van der Waals surface area contributed by atoms with E-state index < -0.39 is 0 Å². The monoisotopic (exact) mass is 323 g/mol. The van der Waals surface area contributed by atoms with Crippen LogP contribution in [0.5, 0.6) is 0 Å². The molecule has 4 nitrogen and oxygen atoms in total. The number of rotatable bonds is 5. The highest BCUT2D eigenvalue weighted by atomic mass is 16.2. The summed E-state index contributed by atoms with van der Waals surface area (Å²) in [4.78, 5) is 17.3. The molecule has 0 N–H and O–H groups in total. The molecule has 3 rings (SSSR count). The lowest BCUT2D eigenvalue weighted by Gasteiger charge is -2.19. The molecule has 0 aliphatic carbocycles. The van der Waals surface area contributed by atoms with Gasteiger partial charge in [0.1, 0.15) is 0 Å². The van der Waals surface area contributed by atoms with Gasteiger partial charge in [0.2, 0.25) is 0 Å². The van der Waals surface area contributed by atoms with E-state index in [1.165, 1.54) is 10.9 Å². The third-order valence-corrected chi connectivity index (χ3v) is 4.44. The molecule has 1 aromatic heterocycles. The zero-order valence-corrected chi connectivity index (χ0v) is 14.7. The summed E-state index contributed by atoms with van der Waals surface area (Å²) in [5.74, 6) is 0.0742. The lowest BCUT2D eigenvalue weighted by Crippen LogP contribution is -2.19. The highest BCUT2D eigenvalue weighted by molar-refractivity contribution is 6.02. The van der Waals surface area contributed by atoms with Crippen molar-refractivity contribution in [3.63, 3.8) is 0 Å². The summed E-state index contributed by atoms with van der Waals surface area (Å²) >= 11 is 0. The first-order chi connectivity index (χ1) is 11.6. The minimum Gasteiger partial charge on any atom is -0.354 e. The quantitative estimate of drug-likeness (QED) is 0.843. The van der Waals surface area contributed by atoms with E-state index in [2.05, 4.69) is 43.0 Å². The molecule has 0 spiro atoms. The molecule has 4 heteroatoms. The Morgan fingerprint density at radius 1 is 1.25 bits per heavy atom. The Bertz CT molecular complexity index is 798. The predicted octanol–water partition coefficient (Wildman–Crippen LogP) is 3.51. The van der Waals surface area contributed by atoms with Crippen molar-refractivity contribution >= 4 is 16.8 Å². The number of hydrogen-bond acceptors (Lipinski definition) is 3. The van der Waals surface area contributed by atoms with Crippen LogP contribution in [0.25, 0.3) is 10.9 Å². The van der Waals surface area contributed by atoms with Crippen LogP contribution in [-0.4, -0.2) is 47.5 Å². The lowest BCUT2D eigenvalue weighted by molar-refractivity contribution is 0.0955. The van der Waals surface area contributed by atoms with Gasteiger partial charge in [0.05, 0.1) is 5.52 Å². The van der Waals surface area contributed by atoms with Crippen LogP contribution >= 0.6 is 0 Å². The van der Waals surface area contributed by atoms with E-state index in [0.717, 1.165) is 30.6 Å². The Balaban J connectivity index is 1.97. The summed E-state index contributed by atoms with van der Waals surface area (Å²) in [6, 6.07) is 8.17. The molecule has 0 saturated heterocycles. The van der Waals surface area contributed by atoms with Crippen molar-refractivity contribution in [3.05, 3.63) is 60.1 Å². The van der Waals surface area contributed by atoms with Crippen LogP contribution in [0, 0.1) is 0 Å². The van der Waals surface area contributed by atoms with Crippen LogP contribution in [0.15, 0.2) is 54.5 Å². The van der Waals surface area contributed by atoms with Crippen molar-refractivity contribution in [2.45, 2.75) is 19.8 Å². The number of carbonyl (C=O) groups is 1. The van der Waals surface area contributed by atoms with Crippen LogP contribution < -0.4 is 0 Å². The van der Waals surface area contributed by atoms with Gasteiger partial charge < -0.3 is 9.80 Å². The van der Waals surface area contributed by atoms with E-state index in [4.69, 9.17) is 0 Å². The fourth-order valence-electron chi connectivity index (χ4n) is 3.07. The Morgan fingerprint density at radius 2 is 2.04 bits per heavy atom. The maximum atomic E-state index is 13.1. The van der Waals surface area contributed by atoms with Crippen LogP contribution in [0.1, 0.15) is 23.7 Å². The molecule has 0 bridgehead atoms. The SMILES string of the molecule is CCN1C=CCC(C(=O)n2cc(CCN(C)C)c3ccccc32)=C1. The number of carbonyl (C=O) groups excluding carboxylic acids is 1. The number of para-hydroxylation sites is 1. The zero-order chi connectivity index (χ0) is 17.1. The van der Waals surface area contributed by atoms with Crippen molar-refractivity contribution in [1.82, 2.24) is 14.4 Å². The Morgan fingerprint density at radius 3 is 2.79 bits per heavy atom. The first-order valence-electron chi connectivity index (χ1n) is 8.51. The second kappa shape index (κ2) is 7.05. The van der Waals surface area contributed by atoms with Gasteiger partial charge in [0.15, 0.2) is 0 Å². The number of nitrogens with zero attached hydrogens (tertiary/aromatic N) is 3. The second-order valence-corrected chi connectivity index (χ2v) is 6.47.